The normalized spacial score (nSPS) is 15.8. The molecule has 5 heteroatoms. The quantitative estimate of drug-likeness (QED) is 0.623. The molecule has 1 N–H and O–H groups in total. The third kappa shape index (κ3) is 5.08. The highest BCUT2D eigenvalue weighted by Gasteiger charge is 2.27. The fourth-order valence-corrected chi connectivity index (χ4v) is 3.99. The molecule has 0 radical (unpaired) electrons. The maximum Gasteiger partial charge on any atom is 0.161 e. The van der Waals surface area contributed by atoms with Gasteiger partial charge in [0.15, 0.2) is 11.5 Å². The number of methoxy groups -OCH3 is 1. The molecular weight excluding hydrogens is 376 g/mol. The van der Waals surface area contributed by atoms with E-state index in [9.17, 15) is 0 Å². The molecule has 1 atom stereocenters. The molecule has 0 bridgehead atoms. The van der Waals surface area contributed by atoms with E-state index in [0.29, 0.717) is 13.2 Å². The van der Waals surface area contributed by atoms with Gasteiger partial charge in [0.2, 0.25) is 0 Å². The van der Waals surface area contributed by atoms with Gasteiger partial charge in [0.25, 0.3) is 0 Å². The van der Waals surface area contributed by atoms with Gasteiger partial charge < -0.3 is 24.4 Å². The summed E-state index contributed by atoms with van der Waals surface area (Å²) in [5.41, 5.74) is 6.25. The molecule has 5 nitrogen and oxygen atoms in total. The number of aryl methyl sites for hydroxylation is 2. The number of benzene rings is 2. The smallest absolute Gasteiger partial charge is 0.161 e. The standard InChI is InChI=1S/C25H36N2O3/c1-7-29-22-14-18(3)17(2)13-21(22)25-20-16-24(30-12-8-11-27(4)5)23(28-6)15-19(20)9-10-26-25/h13-16,25-26H,7-12H2,1-6H3. The van der Waals surface area contributed by atoms with Crippen LogP contribution in [0.25, 0.3) is 0 Å². The first-order valence-electron chi connectivity index (χ1n) is 10.9. The Bertz CT molecular complexity index is 864. The summed E-state index contributed by atoms with van der Waals surface area (Å²) in [5.74, 6) is 2.57. The van der Waals surface area contributed by atoms with Gasteiger partial charge >= 0.3 is 0 Å². The highest BCUT2D eigenvalue weighted by Crippen LogP contribution is 2.40. The van der Waals surface area contributed by atoms with Gasteiger partial charge in [0, 0.05) is 18.7 Å². The summed E-state index contributed by atoms with van der Waals surface area (Å²) in [7, 11) is 5.87. The van der Waals surface area contributed by atoms with Crippen molar-refractivity contribution >= 4 is 0 Å². The maximum atomic E-state index is 6.14. The second kappa shape index (κ2) is 10.2. The van der Waals surface area contributed by atoms with Gasteiger partial charge in [-0.05, 0) is 88.2 Å². The molecule has 0 fully saturated rings. The molecule has 1 unspecified atom stereocenters. The van der Waals surface area contributed by atoms with E-state index in [2.05, 4.69) is 62.4 Å². The largest absolute Gasteiger partial charge is 0.494 e. The zero-order valence-electron chi connectivity index (χ0n) is 19.3. The van der Waals surface area contributed by atoms with Crippen molar-refractivity contribution in [1.82, 2.24) is 10.2 Å². The van der Waals surface area contributed by atoms with Crippen molar-refractivity contribution in [3.05, 3.63) is 52.1 Å². The Kier molecular flexibility index (Phi) is 7.62. The molecule has 164 valence electrons. The summed E-state index contributed by atoms with van der Waals surface area (Å²) >= 11 is 0. The first-order chi connectivity index (χ1) is 14.4. The van der Waals surface area contributed by atoms with E-state index in [1.165, 1.54) is 27.8 Å². The second-order valence-corrected chi connectivity index (χ2v) is 8.25. The lowest BCUT2D eigenvalue weighted by atomic mass is 9.87. The molecule has 0 amide bonds. The van der Waals surface area contributed by atoms with Crippen LogP contribution in [0.2, 0.25) is 0 Å². The molecule has 3 rings (SSSR count). The maximum absolute atomic E-state index is 6.14. The third-order valence-corrected chi connectivity index (χ3v) is 5.72. The van der Waals surface area contributed by atoms with Crippen molar-refractivity contribution in [2.24, 2.45) is 0 Å². The van der Waals surface area contributed by atoms with Crippen LogP contribution < -0.4 is 19.5 Å². The number of nitrogens with zero attached hydrogens (tertiary/aromatic N) is 1. The van der Waals surface area contributed by atoms with Gasteiger partial charge in [0.05, 0.1) is 26.4 Å². The van der Waals surface area contributed by atoms with Crippen molar-refractivity contribution in [3.63, 3.8) is 0 Å². The monoisotopic (exact) mass is 412 g/mol. The predicted octanol–water partition coefficient (Wildman–Crippen LogP) is 4.28. The highest BCUT2D eigenvalue weighted by atomic mass is 16.5. The molecule has 30 heavy (non-hydrogen) atoms. The van der Waals surface area contributed by atoms with Crippen molar-refractivity contribution in [2.45, 2.75) is 39.7 Å². The van der Waals surface area contributed by atoms with Gasteiger partial charge in [-0.3, -0.25) is 0 Å². The molecule has 1 aliphatic rings. The van der Waals surface area contributed by atoms with Crippen molar-refractivity contribution in [1.29, 1.82) is 0 Å². The number of nitrogens with one attached hydrogen (secondary N) is 1. The predicted molar refractivity (Wildman–Crippen MR) is 122 cm³/mol. The SMILES string of the molecule is CCOc1cc(C)c(C)cc1C1NCCc2cc(OC)c(OCCCN(C)C)cc21. The molecule has 0 aromatic heterocycles. The Balaban J connectivity index is 1.96. The van der Waals surface area contributed by atoms with Crippen LogP contribution in [-0.2, 0) is 6.42 Å². The van der Waals surface area contributed by atoms with Crippen LogP contribution in [0.1, 0.15) is 47.2 Å². The zero-order valence-corrected chi connectivity index (χ0v) is 19.3. The van der Waals surface area contributed by atoms with Crippen LogP contribution >= 0.6 is 0 Å². The van der Waals surface area contributed by atoms with Crippen LogP contribution in [0.4, 0.5) is 0 Å². The Morgan fingerprint density at radius 3 is 2.43 bits per heavy atom. The highest BCUT2D eigenvalue weighted by molar-refractivity contribution is 5.54. The van der Waals surface area contributed by atoms with E-state index in [-0.39, 0.29) is 6.04 Å². The molecule has 1 aliphatic heterocycles. The fraction of sp³-hybridized carbons (Fsp3) is 0.520. The van der Waals surface area contributed by atoms with Gasteiger partial charge in [0.1, 0.15) is 5.75 Å². The number of hydrogen-bond acceptors (Lipinski definition) is 5. The van der Waals surface area contributed by atoms with Crippen LogP contribution in [-0.4, -0.2) is 52.4 Å². The van der Waals surface area contributed by atoms with E-state index in [1.54, 1.807) is 7.11 Å². The first kappa shape index (κ1) is 22.4. The molecule has 0 saturated carbocycles. The Hall–Kier alpha value is -2.24. The zero-order chi connectivity index (χ0) is 21.7. The van der Waals surface area contributed by atoms with E-state index in [1.807, 2.05) is 6.92 Å². The van der Waals surface area contributed by atoms with Crippen molar-refractivity contribution in [3.8, 4) is 17.2 Å². The minimum Gasteiger partial charge on any atom is -0.494 e. The van der Waals surface area contributed by atoms with E-state index in [0.717, 1.165) is 43.2 Å². The lowest BCUT2D eigenvalue weighted by Gasteiger charge is -2.30. The number of fused-ring (bicyclic) bond motifs is 1. The summed E-state index contributed by atoms with van der Waals surface area (Å²) in [4.78, 5) is 2.17. The van der Waals surface area contributed by atoms with Crippen LogP contribution in [0.15, 0.2) is 24.3 Å². The molecule has 2 aromatic carbocycles. The van der Waals surface area contributed by atoms with Gasteiger partial charge in [-0.2, -0.15) is 0 Å². The van der Waals surface area contributed by atoms with Gasteiger partial charge in [-0.1, -0.05) is 6.07 Å². The Labute approximate surface area is 181 Å². The molecule has 1 heterocycles. The fourth-order valence-electron chi connectivity index (χ4n) is 3.99. The first-order valence-corrected chi connectivity index (χ1v) is 10.9. The summed E-state index contributed by atoms with van der Waals surface area (Å²) in [6, 6.07) is 8.79. The molecule has 0 spiro atoms. The molecule has 0 aliphatic carbocycles. The van der Waals surface area contributed by atoms with Crippen LogP contribution in [0.3, 0.4) is 0 Å². The summed E-state index contributed by atoms with van der Waals surface area (Å²) in [6.07, 6.45) is 1.94. The van der Waals surface area contributed by atoms with Crippen LogP contribution in [0, 0.1) is 13.8 Å². The van der Waals surface area contributed by atoms with Gasteiger partial charge in [-0.25, -0.2) is 0 Å². The van der Waals surface area contributed by atoms with E-state index in [4.69, 9.17) is 14.2 Å². The summed E-state index contributed by atoms with van der Waals surface area (Å²) in [5, 5.41) is 3.70. The number of ether oxygens (including phenoxy) is 3. The number of hydrogen-bond donors (Lipinski definition) is 1. The van der Waals surface area contributed by atoms with Crippen molar-refractivity contribution < 1.29 is 14.2 Å². The van der Waals surface area contributed by atoms with Gasteiger partial charge in [-0.15, -0.1) is 0 Å². The third-order valence-electron chi connectivity index (χ3n) is 5.72. The topological polar surface area (TPSA) is 43.0 Å². The average Bonchev–Trinajstić information content (AvgIpc) is 2.72. The molecular formula is C25H36N2O3. The number of rotatable bonds is 9. The molecule has 2 aromatic rings. The van der Waals surface area contributed by atoms with E-state index >= 15 is 0 Å². The second-order valence-electron chi connectivity index (χ2n) is 8.25. The Morgan fingerprint density at radius 2 is 1.73 bits per heavy atom. The lowest BCUT2D eigenvalue weighted by Crippen LogP contribution is -2.31. The van der Waals surface area contributed by atoms with E-state index < -0.39 is 0 Å². The minimum absolute atomic E-state index is 0.0737. The minimum atomic E-state index is 0.0737. The lowest BCUT2D eigenvalue weighted by molar-refractivity contribution is 0.267. The summed E-state index contributed by atoms with van der Waals surface area (Å²) < 4.78 is 17.8. The summed E-state index contributed by atoms with van der Waals surface area (Å²) in [6.45, 7) is 9.56. The average molecular weight is 413 g/mol. The van der Waals surface area contributed by atoms with Crippen molar-refractivity contribution in [2.75, 3.05) is 47.5 Å². The molecule has 0 saturated heterocycles. The van der Waals surface area contributed by atoms with Crippen LogP contribution in [0.5, 0.6) is 17.2 Å². The Morgan fingerprint density at radius 1 is 0.967 bits per heavy atom.